The molecule has 0 aliphatic carbocycles. The minimum Gasteiger partial charge on any atom is -0.478 e. The highest BCUT2D eigenvalue weighted by molar-refractivity contribution is 9.10. The van der Waals surface area contributed by atoms with Crippen molar-refractivity contribution in [2.75, 3.05) is 5.32 Å². The molecule has 4 nitrogen and oxygen atoms in total. The van der Waals surface area contributed by atoms with E-state index >= 15 is 0 Å². The molecule has 0 aromatic heterocycles. The third kappa shape index (κ3) is 4.44. The van der Waals surface area contributed by atoms with Crippen LogP contribution in [0.2, 0.25) is 0 Å². The van der Waals surface area contributed by atoms with Crippen molar-refractivity contribution in [3.05, 3.63) is 82.3 Å². The van der Waals surface area contributed by atoms with Gasteiger partial charge in [-0.2, -0.15) is 0 Å². The van der Waals surface area contributed by atoms with Gasteiger partial charge in [0.05, 0.1) is 0 Å². The predicted molar refractivity (Wildman–Crippen MR) is 112 cm³/mol. The molecule has 0 atom stereocenters. The molecule has 0 saturated carbocycles. The number of carbonyl (C=O) groups is 2. The van der Waals surface area contributed by atoms with Crippen molar-refractivity contribution in [2.24, 2.45) is 0 Å². The second kappa shape index (κ2) is 8.18. The molecule has 0 spiro atoms. The van der Waals surface area contributed by atoms with Crippen LogP contribution in [-0.2, 0) is 4.79 Å². The molecule has 0 saturated heterocycles. The van der Waals surface area contributed by atoms with E-state index in [9.17, 15) is 9.59 Å². The number of halogens is 1. The summed E-state index contributed by atoms with van der Waals surface area (Å²) in [7, 11) is 0. The van der Waals surface area contributed by atoms with Crippen molar-refractivity contribution in [2.45, 2.75) is 13.3 Å². The third-order valence-corrected chi connectivity index (χ3v) is 4.70. The second-order valence-electron chi connectivity index (χ2n) is 6.07. The van der Waals surface area contributed by atoms with Crippen molar-refractivity contribution in [1.29, 1.82) is 0 Å². The maximum absolute atomic E-state index is 12.9. The molecule has 0 aliphatic heterocycles. The van der Waals surface area contributed by atoms with Crippen molar-refractivity contribution < 1.29 is 14.7 Å². The maximum atomic E-state index is 12.9. The number of carbonyl (C=O) groups excluding carboxylic acids is 1. The molecule has 2 N–H and O–H groups in total. The average molecular weight is 424 g/mol. The van der Waals surface area contributed by atoms with E-state index in [0.29, 0.717) is 23.2 Å². The number of benzene rings is 3. The van der Waals surface area contributed by atoms with Gasteiger partial charge in [0.15, 0.2) is 0 Å². The van der Waals surface area contributed by atoms with Crippen LogP contribution in [0.25, 0.3) is 16.3 Å². The van der Waals surface area contributed by atoms with Gasteiger partial charge in [-0.15, -0.1) is 0 Å². The Labute approximate surface area is 165 Å². The van der Waals surface area contributed by atoms with Crippen LogP contribution in [0.3, 0.4) is 0 Å². The molecular weight excluding hydrogens is 406 g/mol. The third-order valence-electron chi connectivity index (χ3n) is 4.24. The van der Waals surface area contributed by atoms with Gasteiger partial charge in [0, 0.05) is 21.8 Å². The lowest BCUT2D eigenvalue weighted by Crippen LogP contribution is -2.12. The van der Waals surface area contributed by atoms with Gasteiger partial charge < -0.3 is 10.4 Å². The predicted octanol–water partition coefficient (Wildman–Crippen LogP) is 5.73. The van der Waals surface area contributed by atoms with E-state index < -0.39 is 5.97 Å². The molecule has 136 valence electrons. The van der Waals surface area contributed by atoms with E-state index in [-0.39, 0.29) is 5.91 Å². The van der Waals surface area contributed by atoms with Crippen LogP contribution >= 0.6 is 15.9 Å². The number of carboxylic acid groups (broad SMARTS) is 1. The van der Waals surface area contributed by atoms with Gasteiger partial charge in [0.25, 0.3) is 5.91 Å². The molecule has 1 amide bonds. The number of aliphatic carboxylic acids is 1. The number of hydrogen-bond donors (Lipinski definition) is 2. The highest BCUT2D eigenvalue weighted by Gasteiger charge is 2.12. The first-order valence-electron chi connectivity index (χ1n) is 8.51. The molecule has 0 heterocycles. The van der Waals surface area contributed by atoms with Gasteiger partial charge >= 0.3 is 5.97 Å². The summed E-state index contributed by atoms with van der Waals surface area (Å²) in [4.78, 5) is 23.9. The fourth-order valence-electron chi connectivity index (χ4n) is 3.00. The lowest BCUT2D eigenvalue weighted by molar-refractivity contribution is -0.131. The minimum absolute atomic E-state index is 0.218. The molecule has 3 aromatic rings. The number of carboxylic acids is 1. The van der Waals surface area contributed by atoms with Gasteiger partial charge in [0.1, 0.15) is 0 Å². The Bertz CT molecular complexity index is 1060. The topological polar surface area (TPSA) is 66.4 Å². The molecule has 0 bridgehead atoms. The summed E-state index contributed by atoms with van der Waals surface area (Å²) in [6.45, 7) is 1.90. The molecule has 0 unspecified atom stereocenters. The summed E-state index contributed by atoms with van der Waals surface area (Å²) in [5.74, 6) is -1.20. The van der Waals surface area contributed by atoms with E-state index in [4.69, 9.17) is 5.11 Å². The van der Waals surface area contributed by atoms with Gasteiger partial charge in [-0.1, -0.05) is 59.3 Å². The Balaban J connectivity index is 1.94. The van der Waals surface area contributed by atoms with E-state index in [2.05, 4.69) is 21.2 Å². The van der Waals surface area contributed by atoms with Gasteiger partial charge in [-0.25, -0.2) is 4.79 Å². The lowest BCUT2D eigenvalue weighted by atomic mass is 10.0. The number of rotatable bonds is 5. The van der Waals surface area contributed by atoms with Crippen LogP contribution in [0.15, 0.2) is 71.2 Å². The van der Waals surface area contributed by atoms with E-state index in [1.807, 2.05) is 43.3 Å². The Morgan fingerprint density at radius 3 is 2.59 bits per heavy atom. The summed E-state index contributed by atoms with van der Waals surface area (Å²) in [6, 6.07) is 18.7. The molecule has 27 heavy (non-hydrogen) atoms. The van der Waals surface area contributed by atoms with E-state index in [1.54, 1.807) is 24.3 Å². The first-order valence-corrected chi connectivity index (χ1v) is 9.31. The zero-order valence-corrected chi connectivity index (χ0v) is 16.3. The molecule has 0 aliphatic rings. The molecule has 3 aromatic carbocycles. The first-order chi connectivity index (χ1) is 13.0. The van der Waals surface area contributed by atoms with Gasteiger partial charge in [0.2, 0.25) is 0 Å². The SMILES string of the molecule is CC/C(=C\C(=O)O)c1cccc(NC(=O)c2cc(Br)cc3ccccc23)c1. The fraction of sp³-hybridized carbons (Fsp3) is 0.0909. The lowest BCUT2D eigenvalue weighted by Gasteiger charge is -2.11. The number of anilines is 1. The Kier molecular flexibility index (Phi) is 5.72. The van der Waals surface area contributed by atoms with Crippen molar-refractivity contribution in [3.8, 4) is 0 Å². The second-order valence-corrected chi connectivity index (χ2v) is 6.99. The van der Waals surface area contributed by atoms with Gasteiger partial charge in [-0.3, -0.25) is 4.79 Å². The number of fused-ring (bicyclic) bond motifs is 1. The quantitative estimate of drug-likeness (QED) is 0.514. The standard InChI is InChI=1S/C22H18BrNO3/c1-2-14(12-21(25)26)15-7-5-8-18(11-15)24-22(27)20-13-17(23)10-16-6-3-4-9-19(16)20/h3-13H,2H2,1H3,(H,24,27)(H,25,26)/b14-12+. The highest BCUT2D eigenvalue weighted by Crippen LogP contribution is 2.26. The highest BCUT2D eigenvalue weighted by atomic mass is 79.9. The number of nitrogens with one attached hydrogen (secondary N) is 1. The monoisotopic (exact) mass is 423 g/mol. The molecular formula is C22H18BrNO3. The summed E-state index contributed by atoms with van der Waals surface area (Å²) in [6.07, 6.45) is 1.78. The molecule has 0 fully saturated rings. The zero-order valence-electron chi connectivity index (χ0n) is 14.7. The number of allylic oxidation sites excluding steroid dienone is 1. The van der Waals surface area contributed by atoms with E-state index in [0.717, 1.165) is 20.8 Å². The zero-order chi connectivity index (χ0) is 19.4. The van der Waals surface area contributed by atoms with Crippen LogP contribution in [0.4, 0.5) is 5.69 Å². The van der Waals surface area contributed by atoms with Crippen LogP contribution in [0.1, 0.15) is 29.3 Å². The summed E-state index contributed by atoms with van der Waals surface area (Å²) >= 11 is 3.46. The normalized spacial score (nSPS) is 11.4. The van der Waals surface area contributed by atoms with Crippen molar-refractivity contribution >= 4 is 49.8 Å². The molecule has 3 rings (SSSR count). The van der Waals surface area contributed by atoms with Crippen LogP contribution in [0, 0.1) is 0 Å². The maximum Gasteiger partial charge on any atom is 0.328 e. The van der Waals surface area contributed by atoms with Crippen molar-refractivity contribution in [1.82, 2.24) is 0 Å². The fourth-order valence-corrected chi connectivity index (χ4v) is 3.47. The molecule has 0 radical (unpaired) electrons. The van der Waals surface area contributed by atoms with Crippen LogP contribution < -0.4 is 5.32 Å². The van der Waals surface area contributed by atoms with Gasteiger partial charge in [-0.05, 0) is 52.6 Å². The average Bonchev–Trinajstić information content (AvgIpc) is 2.65. The van der Waals surface area contributed by atoms with Crippen LogP contribution in [0.5, 0.6) is 0 Å². The largest absolute Gasteiger partial charge is 0.478 e. The Morgan fingerprint density at radius 1 is 1.07 bits per heavy atom. The van der Waals surface area contributed by atoms with Crippen LogP contribution in [-0.4, -0.2) is 17.0 Å². The van der Waals surface area contributed by atoms with E-state index in [1.165, 1.54) is 6.08 Å². The van der Waals surface area contributed by atoms with Crippen molar-refractivity contribution in [3.63, 3.8) is 0 Å². The summed E-state index contributed by atoms with van der Waals surface area (Å²) < 4.78 is 0.831. The Hall–Kier alpha value is -2.92. The minimum atomic E-state index is -0.984. The summed E-state index contributed by atoms with van der Waals surface area (Å²) in [5, 5.41) is 13.8. The smallest absolute Gasteiger partial charge is 0.328 e. The molecule has 5 heteroatoms. The number of hydrogen-bond acceptors (Lipinski definition) is 2. The Morgan fingerprint density at radius 2 is 1.85 bits per heavy atom. The first kappa shape index (κ1) is 18.9. The number of amides is 1. The summed E-state index contributed by atoms with van der Waals surface area (Å²) in [5.41, 5.74) is 2.66.